The largest absolute Gasteiger partial charge is 0.382 e. The minimum atomic E-state index is -0.729. The number of rotatable bonds is 12. The van der Waals surface area contributed by atoms with Crippen LogP contribution < -0.4 is 5.32 Å². The van der Waals surface area contributed by atoms with Gasteiger partial charge in [0.25, 0.3) is 0 Å². The van der Waals surface area contributed by atoms with Crippen molar-refractivity contribution in [1.82, 2.24) is 5.32 Å². The van der Waals surface area contributed by atoms with Gasteiger partial charge in [-0.3, -0.25) is 4.79 Å². The average Bonchev–Trinajstić information content (AvgIpc) is 2.66. The molecule has 1 aromatic carbocycles. The number of nitrogens with one attached hydrogen (secondary N) is 1. The van der Waals surface area contributed by atoms with Gasteiger partial charge in [-0.2, -0.15) is 5.26 Å². The molecule has 1 aromatic rings. The van der Waals surface area contributed by atoms with Crippen molar-refractivity contribution < 1.29 is 14.3 Å². The average molecular weight is 395 g/mol. The van der Waals surface area contributed by atoms with Crippen LogP contribution in [0.2, 0.25) is 0 Å². The van der Waals surface area contributed by atoms with Crippen LogP contribution in [0.3, 0.4) is 0 Å². The van der Waals surface area contributed by atoms with Crippen molar-refractivity contribution in [2.75, 3.05) is 33.5 Å². The predicted molar refractivity (Wildman–Crippen MR) is 109 cm³/mol. The van der Waals surface area contributed by atoms with Crippen molar-refractivity contribution in [1.29, 1.82) is 5.26 Å². The molecule has 0 saturated heterocycles. The van der Waals surface area contributed by atoms with Gasteiger partial charge in [-0.1, -0.05) is 54.3 Å². The van der Waals surface area contributed by atoms with Crippen LogP contribution in [-0.4, -0.2) is 48.3 Å². The lowest BCUT2D eigenvalue weighted by atomic mass is 10.1. The molecule has 0 fully saturated rings. The highest BCUT2D eigenvalue weighted by Crippen LogP contribution is 2.32. The van der Waals surface area contributed by atoms with Crippen molar-refractivity contribution >= 4 is 34.1 Å². The Bertz CT molecular complexity index is 605. The second kappa shape index (κ2) is 12.8. The Kier molecular flexibility index (Phi) is 11.1. The Morgan fingerprint density at radius 3 is 2.69 bits per heavy atom. The van der Waals surface area contributed by atoms with Crippen molar-refractivity contribution in [2.45, 2.75) is 30.9 Å². The number of thiocarbonyl (C=S) groups is 1. The molecule has 5 nitrogen and oxygen atoms in total. The second-order valence-electron chi connectivity index (χ2n) is 5.91. The number of ether oxygens (including phenoxy) is 2. The second-order valence-corrected chi connectivity index (χ2v) is 8.09. The fraction of sp³-hybridized carbons (Fsp3) is 0.526. The molecule has 142 valence electrons. The smallest absolute Gasteiger partial charge is 0.220 e. The molecule has 1 N–H and O–H groups in total. The van der Waals surface area contributed by atoms with Gasteiger partial charge < -0.3 is 14.8 Å². The van der Waals surface area contributed by atoms with Crippen LogP contribution in [-0.2, 0) is 14.3 Å². The lowest BCUT2D eigenvalue weighted by Crippen LogP contribution is -2.28. The first kappa shape index (κ1) is 22.6. The van der Waals surface area contributed by atoms with Gasteiger partial charge in [0, 0.05) is 26.7 Å². The highest BCUT2D eigenvalue weighted by molar-refractivity contribution is 8.24. The summed E-state index contributed by atoms with van der Waals surface area (Å²) in [6.45, 7) is 4.10. The Labute approximate surface area is 165 Å². The first-order valence-electron chi connectivity index (χ1n) is 8.54. The van der Waals surface area contributed by atoms with Gasteiger partial charge in [0.1, 0.15) is 4.75 Å². The number of thioether (sulfide) groups is 1. The normalized spacial score (nSPS) is 12.8. The van der Waals surface area contributed by atoms with Gasteiger partial charge in [-0.15, -0.1) is 0 Å². The van der Waals surface area contributed by atoms with Crippen molar-refractivity contribution in [3.8, 4) is 6.07 Å². The molecular weight excluding hydrogens is 368 g/mol. The van der Waals surface area contributed by atoms with Gasteiger partial charge in [-0.25, -0.2) is 0 Å². The van der Waals surface area contributed by atoms with E-state index in [-0.39, 0.29) is 5.91 Å². The molecule has 0 radical (unpaired) electrons. The standard InChI is InChI=1S/C19H26N2O3S2/c1-19(15-20,26-18(25)16-7-4-3-5-8-16)10-9-17(22)21-11-6-12-24-14-13-23-2/h3-5,7-8H,6,9-14H2,1-2H3,(H,21,22). The topological polar surface area (TPSA) is 71.3 Å². The van der Waals surface area contributed by atoms with Gasteiger partial charge in [0.05, 0.1) is 23.5 Å². The SMILES string of the molecule is COCCOCCCNC(=O)CCC(C)(C#N)SC(=S)c1ccccc1. The van der Waals surface area contributed by atoms with E-state index in [2.05, 4.69) is 11.4 Å². The Hall–Kier alpha value is -1.46. The molecule has 0 aliphatic heterocycles. The van der Waals surface area contributed by atoms with Gasteiger partial charge in [0.15, 0.2) is 0 Å². The van der Waals surface area contributed by atoms with E-state index >= 15 is 0 Å². The fourth-order valence-electron chi connectivity index (χ4n) is 2.05. The summed E-state index contributed by atoms with van der Waals surface area (Å²) < 4.78 is 10.2. The minimum absolute atomic E-state index is 0.0606. The molecule has 26 heavy (non-hydrogen) atoms. The number of carbonyl (C=O) groups is 1. The molecule has 0 aromatic heterocycles. The molecule has 1 rings (SSSR count). The van der Waals surface area contributed by atoms with Gasteiger partial charge in [-0.05, 0) is 25.3 Å². The lowest BCUT2D eigenvalue weighted by Gasteiger charge is -2.21. The monoisotopic (exact) mass is 394 g/mol. The first-order valence-corrected chi connectivity index (χ1v) is 9.76. The zero-order valence-corrected chi connectivity index (χ0v) is 17.0. The van der Waals surface area contributed by atoms with Crippen LogP contribution in [0.4, 0.5) is 0 Å². The molecule has 0 aliphatic rings. The summed E-state index contributed by atoms with van der Waals surface area (Å²) in [4.78, 5) is 12.0. The van der Waals surface area contributed by atoms with E-state index in [4.69, 9.17) is 21.7 Å². The Morgan fingerprint density at radius 1 is 1.31 bits per heavy atom. The zero-order valence-electron chi connectivity index (χ0n) is 15.3. The molecule has 7 heteroatoms. The highest BCUT2D eigenvalue weighted by atomic mass is 32.2. The summed E-state index contributed by atoms with van der Waals surface area (Å²) in [5.74, 6) is -0.0606. The zero-order chi connectivity index (χ0) is 19.3. The Morgan fingerprint density at radius 2 is 2.04 bits per heavy atom. The maximum Gasteiger partial charge on any atom is 0.220 e. The lowest BCUT2D eigenvalue weighted by molar-refractivity contribution is -0.121. The third-order valence-corrected chi connectivity index (χ3v) is 5.27. The summed E-state index contributed by atoms with van der Waals surface area (Å²) in [5.41, 5.74) is 0.923. The number of nitriles is 1. The Balaban J connectivity index is 2.30. The van der Waals surface area contributed by atoms with Gasteiger partial charge >= 0.3 is 0 Å². The molecule has 0 aliphatic carbocycles. The van der Waals surface area contributed by atoms with E-state index in [0.717, 1.165) is 12.0 Å². The summed E-state index contributed by atoms with van der Waals surface area (Å²) in [7, 11) is 1.63. The van der Waals surface area contributed by atoms with Gasteiger partial charge in [0.2, 0.25) is 5.91 Å². The highest BCUT2D eigenvalue weighted by Gasteiger charge is 2.27. The summed E-state index contributed by atoms with van der Waals surface area (Å²) in [6.07, 6.45) is 1.48. The van der Waals surface area contributed by atoms with Crippen LogP contribution >= 0.6 is 24.0 Å². The summed E-state index contributed by atoms with van der Waals surface area (Å²) in [5, 5.41) is 12.4. The number of methoxy groups -OCH3 is 1. The quantitative estimate of drug-likeness (QED) is 0.433. The van der Waals surface area contributed by atoms with Crippen molar-refractivity contribution in [3.63, 3.8) is 0 Å². The third kappa shape index (κ3) is 9.30. The molecule has 0 spiro atoms. The van der Waals surface area contributed by atoms with E-state index in [1.54, 1.807) is 7.11 Å². The third-order valence-electron chi connectivity index (χ3n) is 3.61. The van der Waals surface area contributed by atoms with Crippen LogP contribution in [0.1, 0.15) is 31.7 Å². The molecule has 1 unspecified atom stereocenters. The van der Waals surface area contributed by atoms with E-state index in [9.17, 15) is 10.1 Å². The molecule has 0 saturated carbocycles. The summed E-state index contributed by atoms with van der Waals surface area (Å²) >= 11 is 6.77. The fourth-order valence-corrected chi connectivity index (χ4v) is 3.66. The number of hydrogen-bond donors (Lipinski definition) is 1. The number of carbonyl (C=O) groups excluding carboxylic acids is 1. The first-order chi connectivity index (χ1) is 12.5. The van der Waals surface area contributed by atoms with E-state index < -0.39 is 4.75 Å². The number of hydrogen-bond acceptors (Lipinski definition) is 6. The maximum atomic E-state index is 12.0. The molecule has 0 bridgehead atoms. The molecule has 0 heterocycles. The predicted octanol–water partition coefficient (Wildman–Crippen LogP) is 3.33. The van der Waals surface area contributed by atoms with Crippen molar-refractivity contribution in [3.05, 3.63) is 35.9 Å². The number of amides is 1. The molecular formula is C19H26N2O3S2. The van der Waals surface area contributed by atoms with Crippen molar-refractivity contribution in [2.24, 2.45) is 0 Å². The van der Waals surface area contributed by atoms with Crippen LogP contribution in [0.15, 0.2) is 30.3 Å². The van der Waals surface area contributed by atoms with E-state index in [1.165, 1.54) is 11.8 Å². The molecule has 1 atom stereocenters. The number of nitrogens with zero attached hydrogens (tertiary/aromatic N) is 1. The minimum Gasteiger partial charge on any atom is -0.382 e. The van der Waals surface area contributed by atoms with Crippen LogP contribution in [0.25, 0.3) is 0 Å². The van der Waals surface area contributed by atoms with Crippen LogP contribution in [0.5, 0.6) is 0 Å². The maximum absolute atomic E-state index is 12.0. The van der Waals surface area contributed by atoms with E-state index in [0.29, 0.717) is 43.4 Å². The summed E-state index contributed by atoms with van der Waals surface area (Å²) in [6, 6.07) is 11.9. The van der Waals surface area contributed by atoms with E-state index in [1.807, 2.05) is 37.3 Å². The molecule has 1 amide bonds. The number of benzene rings is 1. The van der Waals surface area contributed by atoms with Crippen LogP contribution in [0, 0.1) is 11.3 Å².